The van der Waals surface area contributed by atoms with Crippen molar-refractivity contribution in [2.24, 2.45) is 0 Å². The predicted octanol–water partition coefficient (Wildman–Crippen LogP) is 6.20. The lowest BCUT2D eigenvalue weighted by Gasteiger charge is -2.29. The van der Waals surface area contributed by atoms with Gasteiger partial charge in [0, 0.05) is 18.5 Å². The van der Waals surface area contributed by atoms with E-state index >= 15 is 0 Å². The van der Waals surface area contributed by atoms with E-state index in [1.54, 1.807) is 46.2 Å². The highest BCUT2D eigenvalue weighted by Gasteiger charge is 2.44. The van der Waals surface area contributed by atoms with E-state index in [9.17, 15) is 9.59 Å². The maximum absolute atomic E-state index is 13.0. The van der Waals surface area contributed by atoms with Crippen molar-refractivity contribution in [2.45, 2.75) is 84.5 Å². The first-order chi connectivity index (χ1) is 19.3. The average Bonchev–Trinajstić information content (AvgIpc) is 3.56. The minimum absolute atomic E-state index is 0.255. The van der Waals surface area contributed by atoms with E-state index in [2.05, 4.69) is 16.9 Å². The second-order valence-electron chi connectivity index (χ2n) is 12.3. The minimum Gasteiger partial charge on any atom is -0.458 e. The number of carbonyl (C=O) groups is 2. The van der Waals surface area contributed by atoms with E-state index in [0.717, 1.165) is 22.3 Å². The Balaban J connectivity index is 1.40. The van der Waals surface area contributed by atoms with Crippen LogP contribution in [0.2, 0.25) is 0 Å². The molecule has 2 aromatic carbocycles. The molecule has 0 bridgehead atoms. The Labute approximate surface area is 242 Å². The van der Waals surface area contributed by atoms with Crippen LogP contribution in [-0.4, -0.2) is 55.7 Å². The average molecular weight is 561 g/mol. The predicted molar refractivity (Wildman–Crippen MR) is 157 cm³/mol. The summed E-state index contributed by atoms with van der Waals surface area (Å²) >= 11 is 0. The van der Waals surface area contributed by atoms with Gasteiger partial charge in [-0.2, -0.15) is 0 Å². The maximum Gasteiger partial charge on any atom is 0.411 e. The summed E-state index contributed by atoms with van der Waals surface area (Å²) in [5.74, 6) is -0.460. The van der Waals surface area contributed by atoms with Gasteiger partial charge in [0.1, 0.15) is 22.9 Å². The second kappa shape index (κ2) is 12.3. The molecule has 9 heteroatoms. The Morgan fingerprint density at radius 2 is 1.51 bits per heavy atom. The van der Waals surface area contributed by atoms with Gasteiger partial charge in [-0.05, 0) is 58.2 Å². The van der Waals surface area contributed by atoms with E-state index in [0.29, 0.717) is 25.3 Å². The standard InChI is InChI=1S/C32H40N4O5/c1-8-22-9-11-23(12-10-22)20-39-21-24-13-15-25(16-14-24)27-19-36(34-33-27)26-17-28(29(37)40-31(2,3)4)35(18-26)30(38)41-32(5,6)7/h8-16,19,26,28H,1,17-18,20-21H2,2-7H3/t26-,28+/m1/s1. The Morgan fingerprint density at radius 3 is 2.07 bits per heavy atom. The fourth-order valence-corrected chi connectivity index (χ4v) is 4.52. The van der Waals surface area contributed by atoms with Crippen molar-refractivity contribution in [1.29, 1.82) is 0 Å². The Kier molecular flexibility index (Phi) is 8.97. The summed E-state index contributed by atoms with van der Waals surface area (Å²) in [4.78, 5) is 27.5. The van der Waals surface area contributed by atoms with Crippen LogP contribution in [0, 0.1) is 0 Å². The van der Waals surface area contributed by atoms with E-state index in [1.807, 2.05) is 60.8 Å². The van der Waals surface area contributed by atoms with E-state index in [4.69, 9.17) is 14.2 Å². The van der Waals surface area contributed by atoms with Crippen LogP contribution >= 0.6 is 0 Å². The molecule has 2 heterocycles. The summed E-state index contributed by atoms with van der Waals surface area (Å²) in [5.41, 5.74) is 3.47. The molecule has 1 fully saturated rings. The fraction of sp³-hybridized carbons (Fsp3) is 0.438. The van der Waals surface area contributed by atoms with Crippen LogP contribution in [0.1, 0.15) is 70.7 Å². The summed E-state index contributed by atoms with van der Waals surface area (Å²) in [6.07, 6.45) is 3.46. The smallest absolute Gasteiger partial charge is 0.411 e. The third-order valence-electron chi connectivity index (χ3n) is 6.47. The van der Waals surface area contributed by atoms with Crippen molar-refractivity contribution in [2.75, 3.05) is 6.54 Å². The number of hydrogen-bond donors (Lipinski definition) is 0. The monoisotopic (exact) mass is 560 g/mol. The quantitative estimate of drug-likeness (QED) is 0.303. The first-order valence-corrected chi connectivity index (χ1v) is 13.8. The van der Waals surface area contributed by atoms with Gasteiger partial charge < -0.3 is 14.2 Å². The van der Waals surface area contributed by atoms with Crippen LogP contribution in [0.25, 0.3) is 17.3 Å². The zero-order chi connectivity index (χ0) is 29.8. The number of carbonyl (C=O) groups excluding carboxylic acids is 2. The van der Waals surface area contributed by atoms with Gasteiger partial charge in [0.05, 0.1) is 25.5 Å². The van der Waals surface area contributed by atoms with Crippen molar-refractivity contribution in [3.05, 3.63) is 78.0 Å². The number of likely N-dealkylation sites (tertiary alicyclic amines) is 1. The van der Waals surface area contributed by atoms with Gasteiger partial charge in [-0.25, -0.2) is 14.3 Å². The number of aromatic nitrogens is 3. The summed E-state index contributed by atoms with van der Waals surface area (Å²) in [5, 5.41) is 8.69. The Hall–Kier alpha value is -3.98. The molecule has 1 aromatic heterocycles. The molecular formula is C32H40N4O5. The van der Waals surface area contributed by atoms with Crippen molar-refractivity contribution in [1.82, 2.24) is 19.9 Å². The van der Waals surface area contributed by atoms with Crippen LogP contribution in [0.5, 0.6) is 0 Å². The highest BCUT2D eigenvalue weighted by atomic mass is 16.6. The van der Waals surface area contributed by atoms with Crippen LogP contribution in [0.15, 0.2) is 61.3 Å². The molecule has 218 valence electrons. The molecule has 2 atom stereocenters. The lowest BCUT2D eigenvalue weighted by Crippen LogP contribution is -2.45. The van der Waals surface area contributed by atoms with Crippen LogP contribution < -0.4 is 0 Å². The lowest BCUT2D eigenvalue weighted by atomic mass is 10.1. The van der Waals surface area contributed by atoms with Crippen molar-refractivity contribution >= 4 is 18.1 Å². The van der Waals surface area contributed by atoms with Gasteiger partial charge in [0.15, 0.2) is 0 Å². The minimum atomic E-state index is -0.777. The van der Waals surface area contributed by atoms with Crippen LogP contribution in [0.4, 0.5) is 4.79 Å². The van der Waals surface area contributed by atoms with Gasteiger partial charge in [-0.3, -0.25) is 4.90 Å². The van der Waals surface area contributed by atoms with Gasteiger partial charge in [0.25, 0.3) is 0 Å². The zero-order valence-electron chi connectivity index (χ0n) is 24.8. The molecule has 0 saturated carbocycles. The SMILES string of the molecule is C=Cc1ccc(COCc2ccc(-c3cn([C@@H]4C[C@@H](C(=O)OC(C)(C)C)N(C(=O)OC(C)(C)C)C4)nn3)cc2)cc1. The van der Waals surface area contributed by atoms with Crippen LogP contribution in [0.3, 0.4) is 0 Å². The number of rotatable bonds is 8. The second-order valence-corrected chi connectivity index (χ2v) is 12.3. The molecule has 3 aromatic rings. The molecule has 4 rings (SSSR count). The van der Waals surface area contributed by atoms with Crippen LogP contribution in [-0.2, 0) is 32.2 Å². The number of benzene rings is 2. The molecule has 1 aliphatic heterocycles. The molecule has 1 amide bonds. The van der Waals surface area contributed by atoms with Gasteiger partial charge in [-0.1, -0.05) is 66.4 Å². The molecule has 9 nitrogen and oxygen atoms in total. The maximum atomic E-state index is 13.0. The summed E-state index contributed by atoms with van der Waals surface area (Å²) < 4.78 is 18.8. The number of ether oxygens (including phenoxy) is 3. The summed E-state index contributed by atoms with van der Waals surface area (Å²) in [6, 6.07) is 15.1. The largest absolute Gasteiger partial charge is 0.458 e. The Morgan fingerprint density at radius 1 is 0.927 bits per heavy atom. The molecule has 41 heavy (non-hydrogen) atoms. The zero-order valence-corrected chi connectivity index (χ0v) is 24.8. The highest BCUT2D eigenvalue weighted by molar-refractivity contribution is 5.82. The Bertz CT molecular complexity index is 1310. The molecule has 0 N–H and O–H groups in total. The molecular weight excluding hydrogens is 520 g/mol. The van der Waals surface area contributed by atoms with E-state index < -0.39 is 29.3 Å². The molecule has 0 radical (unpaired) electrons. The van der Waals surface area contributed by atoms with Gasteiger partial charge in [-0.15, -0.1) is 5.10 Å². The number of hydrogen-bond acceptors (Lipinski definition) is 7. The van der Waals surface area contributed by atoms with Crippen molar-refractivity contribution in [3.8, 4) is 11.3 Å². The molecule has 1 saturated heterocycles. The number of amides is 1. The third-order valence-corrected chi connectivity index (χ3v) is 6.47. The third kappa shape index (κ3) is 8.27. The number of esters is 1. The molecule has 0 unspecified atom stereocenters. The molecule has 1 aliphatic rings. The fourth-order valence-electron chi connectivity index (χ4n) is 4.52. The van der Waals surface area contributed by atoms with E-state index in [1.165, 1.54) is 4.90 Å². The summed E-state index contributed by atoms with van der Waals surface area (Å²) in [6.45, 7) is 15.9. The van der Waals surface area contributed by atoms with Crippen molar-refractivity contribution in [3.63, 3.8) is 0 Å². The lowest BCUT2D eigenvalue weighted by molar-refractivity contribution is -0.160. The van der Waals surface area contributed by atoms with Gasteiger partial charge in [0.2, 0.25) is 0 Å². The topological polar surface area (TPSA) is 95.8 Å². The first-order valence-electron chi connectivity index (χ1n) is 13.8. The highest BCUT2D eigenvalue weighted by Crippen LogP contribution is 2.31. The summed E-state index contributed by atoms with van der Waals surface area (Å²) in [7, 11) is 0. The van der Waals surface area contributed by atoms with Gasteiger partial charge >= 0.3 is 12.1 Å². The number of nitrogens with zero attached hydrogens (tertiary/aromatic N) is 4. The molecule has 0 spiro atoms. The first kappa shape index (κ1) is 30.0. The van der Waals surface area contributed by atoms with Crippen molar-refractivity contribution < 1.29 is 23.8 Å². The molecule has 0 aliphatic carbocycles. The normalized spacial score (nSPS) is 17.4. The van der Waals surface area contributed by atoms with E-state index in [-0.39, 0.29) is 12.6 Å².